The van der Waals surface area contributed by atoms with Crippen molar-refractivity contribution in [3.05, 3.63) is 109 Å². The van der Waals surface area contributed by atoms with Gasteiger partial charge >= 0.3 is 18.0 Å². The van der Waals surface area contributed by atoms with E-state index in [0.717, 1.165) is 20.8 Å². The van der Waals surface area contributed by atoms with Crippen LogP contribution in [0.25, 0.3) is 0 Å². The maximum atomic E-state index is 15.4. The second kappa shape index (κ2) is 48.2. The largest absolute Gasteiger partial charge is 0.462 e. The molecule has 0 fully saturated rings. The number of ether oxygens (including phenoxy) is 3. The van der Waals surface area contributed by atoms with E-state index in [-0.39, 0.29) is 88.6 Å². The van der Waals surface area contributed by atoms with E-state index < -0.39 is 174 Å². The average Bonchev–Trinajstić information content (AvgIpc) is 0.745. The molecule has 27 heteroatoms. The zero-order valence-corrected chi connectivity index (χ0v) is 77.1. The van der Waals surface area contributed by atoms with Crippen molar-refractivity contribution in [2.45, 2.75) is 256 Å². The van der Waals surface area contributed by atoms with E-state index in [4.69, 9.17) is 18.6 Å². The molecule has 0 aliphatic carbocycles. The second-order valence-electron chi connectivity index (χ2n) is 35.2. The molecule has 3 aromatic rings. The van der Waals surface area contributed by atoms with Crippen LogP contribution in [0.15, 0.2) is 103 Å². The third-order valence-electron chi connectivity index (χ3n) is 22.2. The summed E-state index contributed by atoms with van der Waals surface area (Å²) in [4.78, 5) is 197. The van der Waals surface area contributed by atoms with Crippen LogP contribution in [0.4, 0.5) is 4.79 Å². The number of rotatable bonds is 47. The summed E-state index contributed by atoms with van der Waals surface area (Å²) in [5, 5.41) is 7.34. The average molecular weight is 1660 g/mol. The van der Waals surface area contributed by atoms with Gasteiger partial charge in [0.05, 0.1) is 12.6 Å². The molecule has 13 atom stereocenters. The smallest absolute Gasteiger partial charge is 0.410 e. The Kier molecular flexibility index (Phi) is 42.1. The molecule has 0 radical (unpaired) electrons. The van der Waals surface area contributed by atoms with Gasteiger partial charge in [-0.15, -0.1) is 0 Å². The highest BCUT2D eigenvalue weighted by molar-refractivity contribution is 6.99. The monoisotopic (exact) mass is 1660 g/mol. The number of allylic oxidation sites excluding steroid dienone is 2. The number of amides is 9. The van der Waals surface area contributed by atoms with Crippen LogP contribution in [0.1, 0.15) is 196 Å². The van der Waals surface area contributed by atoms with Crippen molar-refractivity contribution in [1.29, 1.82) is 0 Å². The third kappa shape index (κ3) is 29.1. The Morgan fingerprint density at radius 3 is 1.41 bits per heavy atom. The SMILES string of the molecule is C/C=C/C[C@@H](C)[C@@H](OC(C)=O)[C@@H](C(=O)N[C@@H](CC)C(=O)OCCN(C)C(C)=O)N(C)C(=O)[C@H](C(C)C)N(C)C(=O)[C@H](CC(C)C)N(C)C(=O)[C@H](CC(C)C)N(C)C(=O)[C@@H](C)CC(=O)[C@H](C)CC(=O)[C@H](CC(C)C)N(C)C(=O)[C@@H](NC(=O)[C@H]([C@H](C)CO[Si](c1ccccc1)(c1ccccc1)C(C)(C)C)N(C)C(=O)OCc1ccccc1)C(C)C. The maximum absolute atomic E-state index is 15.4. The van der Waals surface area contributed by atoms with Crippen LogP contribution < -0.4 is 21.0 Å². The molecule has 3 rings (SSSR count). The van der Waals surface area contributed by atoms with Crippen LogP contribution in [-0.4, -0.2) is 243 Å². The van der Waals surface area contributed by atoms with Crippen molar-refractivity contribution in [2.75, 3.05) is 69.1 Å². The fourth-order valence-corrected chi connectivity index (χ4v) is 19.8. The van der Waals surface area contributed by atoms with Gasteiger partial charge in [-0.3, -0.25) is 57.6 Å². The summed E-state index contributed by atoms with van der Waals surface area (Å²) in [6.45, 7) is 37.3. The number of carbonyl (C=O) groups excluding carboxylic acids is 13. The van der Waals surface area contributed by atoms with E-state index in [2.05, 4.69) is 55.7 Å². The summed E-state index contributed by atoms with van der Waals surface area (Å²) >= 11 is 0. The first-order chi connectivity index (χ1) is 55.1. The number of likely N-dealkylation sites (N-methyl/N-ethyl adjacent to an activating group) is 7. The minimum Gasteiger partial charge on any atom is -0.462 e. The molecular weight excluding hydrogens is 1520 g/mol. The van der Waals surface area contributed by atoms with Gasteiger partial charge in [0.15, 0.2) is 5.78 Å². The number of Topliss-reactive ketones (excluding diaryl/α,β-unsaturated/α-hetero) is 2. The van der Waals surface area contributed by atoms with Gasteiger partial charge in [0.25, 0.3) is 8.32 Å². The van der Waals surface area contributed by atoms with E-state index in [0.29, 0.717) is 6.42 Å². The van der Waals surface area contributed by atoms with Crippen molar-refractivity contribution in [3.8, 4) is 0 Å². The Hall–Kier alpha value is -9.11. The molecule has 0 saturated heterocycles. The van der Waals surface area contributed by atoms with Crippen LogP contribution in [0.2, 0.25) is 5.04 Å². The van der Waals surface area contributed by atoms with Gasteiger partial charge < -0.3 is 58.7 Å². The molecule has 118 heavy (non-hydrogen) atoms. The summed E-state index contributed by atoms with van der Waals surface area (Å²) in [6.07, 6.45) is 1.77. The van der Waals surface area contributed by atoms with E-state index in [1.54, 1.807) is 75.4 Å². The van der Waals surface area contributed by atoms with Gasteiger partial charge in [0.1, 0.15) is 67.4 Å². The number of nitrogens with zero attached hydrogens (tertiary/aromatic N) is 7. The topological polar surface area (TPSA) is 306 Å². The highest BCUT2D eigenvalue weighted by Gasteiger charge is 2.52. The van der Waals surface area contributed by atoms with Gasteiger partial charge in [0.2, 0.25) is 47.3 Å². The fraction of sp³-hybridized carbons (Fsp3) is 0.637. The van der Waals surface area contributed by atoms with Crippen molar-refractivity contribution in [2.24, 2.45) is 53.3 Å². The van der Waals surface area contributed by atoms with Gasteiger partial charge in [0, 0.05) is 100 Å². The van der Waals surface area contributed by atoms with Crippen LogP contribution in [0, 0.1) is 53.3 Å². The molecule has 0 heterocycles. The van der Waals surface area contributed by atoms with Crippen molar-refractivity contribution >= 4 is 95.5 Å². The molecule has 0 bridgehead atoms. The van der Waals surface area contributed by atoms with E-state index >= 15 is 24.0 Å². The van der Waals surface area contributed by atoms with Crippen LogP contribution in [-0.2, 0) is 82.8 Å². The zero-order valence-electron chi connectivity index (χ0n) is 76.1. The van der Waals surface area contributed by atoms with Crippen molar-refractivity contribution in [3.63, 3.8) is 0 Å². The second-order valence-corrected chi connectivity index (χ2v) is 39.5. The molecule has 0 unspecified atom stereocenters. The molecule has 0 aliphatic rings. The quantitative estimate of drug-likeness (QED) is 0.0230. The molecule has 658 valence electrons. The van der Waals surface area contributed by atoms with Gasteiger partial charge in [-0.25, -0.2) is 9.59 Å². The Morgan fingerprint density at radius 2 is 0.949 bits per heavy atom. The van der Waals surface area contributed by atoms with Gasteiger partial charge in [-0.1, -0.05) is 228 Å². The molecule has 0 aromatic heterocycles. The first-order valence-electron chi connectivity index (χ1n) is 41.9. The summed E-state index contributed by atoms with van der Waals surface area (Å²) < 4.78 is 24.5. The molecule has 0 aliphatic heterocycles. The highest BCUT2D eigenvalue weighted by atomic mass is 28.4. The number of esters is 2. The minimum atomic E-state index is -3.18. The fourth-order valence-electron chi connectivity index (χ4n) is 15.2. The molecule has 9 amide bonds. The van der Waals surface area contributed by atoms with Crippen molar-refractivity contribution in [1.82, 2.24) is 44.9 Å². The zero-order chi connectivity index (χ0) is 89.7. The van der Waals surface area contributed by atoms with Gasteiger partial charge in [-0.05, 0) is 95.5 Å². The number of hydrogen-bond donors (Lipinski definition) is 2. The van der Waals surface area contributed by atoms with Crippen LogP contribution >= 0.6 is 0 Å². The summed E-state index contributed by atoms with van der Waals surface area (Å²) in [7, 11) is 7.10. The van der Waals surface area contributed by atoms with E-state index in [1.165, 1.54) is 85.5 Å². The van der Waals surface area contributed by atoms with Crippen LogP contribution in [0.5, 0.6) is 0 Å². The molecule has 2 N–H and O–H groups in total. The molecule has 3 aromatic carbocycles. The predicted octanol–water partition coefficient (Wildman–Crippen LogP) is 10.5. The summed E-state index contributed by atoms with van der Waals surface area (Å²) in [6, 6.07) is 19.3. The van der Waals surface area contributed by atoms with E-state index in [9.17, 15) is 38.4 Å². The minimum absolute atomic E-state index is 0.0171. The summed E-state index contributed by atoms with van der Waals surface area (Å²) in [5.74, 6) is -12.1. The van der Waals surface area contributed by atoms with E-state index in [1.807, 2.05) is 121 Å². The first-order valence-corrected chi connectivity index (χ1v) is 43.8. The number of benzene rings is 3. The lowest BCUT2D eigenvalue weighted by atomic mass is 9.88. The molecule has 26 nitrogen and oxygen atoms in total. The highest BCUT2D eigenvalue weighted by Crippen LogP contribution is 2.38. The number of carbonyl (C=O) groups is 13. The standard InChI is InChI=1S/C91H143N9O17Si/c1-29-31-41-62(13)81(117-67(18)102)80(83(106)92-71(30-2)89(112)114-49-48-94(22)66(17)101)99(27)88(111)78(61(11)12)98(26)86(109)74(52-59(7)8)97(25)85(108)73(51-58(5)6)96(24)84(107)64(15)54-75(103)63(14)53-76(104)72(50-57(3)4)95(23)87(110)77(60(9)10)93-82(105)79(100(28)90(113)115-56-68-42-35-32-36-43-68)65(16)55-116-118(91(19,20)21,69-44-37-33-38-45-69)70-46-39-34-40-47-70/h29,31-40,42-47,57-65,71-74,77-81H,30,41,48-56H2,1-28H3,(H,92,106)(H,93,105)/b31-29+/t62-,63-,64+,65-,71+,72+,73+,74+,77+,78+,79+,80+,81-/m1/s1. The Morgan fingerprint density at radius 1 is 0.492 bits per heavy atom. The van der Waals surface area contributed by atoms with Gasteiger partial charge in [-0.2, -0.15) is 0 Å². The predicted molar refractivity (Wildman–Crippen MR) is 462 cm³/mol. The molecule has 0 saturated carbocycles. The number of ketones is 2. The molecule has 0 spiro atoms. The summed E-state index contributed by atoms with van der Waals surface area (Å²) in [5.41, 5.74) is 0.735. The van der Waals surface area contributed by atoms with Crippen molar-refractivity contribution < 1.29 is 81.0 Å². The first kappa shape index (κ1) is 103. The third-order valence-corrected chi connectivity index (χ3v) is 27.2. The Labute approximate surface area is 705 Å². The Bertz CT molecular complexity index is 3780. The number of hydrogen-bond acceptors (Lipinski definition) is 17. The lowest BCUT2D eigenvalue weighted by Gasteiger charge is -2.44. The molecular formula is C91H143N9O17Si. The Balaban J connectivity index is 1.98. The number of nitrogens with one attached hydrogen (secondary N) is 2. The normalized spacial score (nSPS) is 15.2. The van der Waals surface area contributed by atoms with Crippen LogP contribution in [0.3, 0.4) is 0 Å². The lowest BCUT2D eigenvalue weighted by molar-refractivity contribution is -0.164. The lowest BCUT2D eigenvalue weighted by Crippen LogP contribution is -2.67. The maximum Gasteiger partial charge on any atom is 0.410 e.